The Morgan fingerprint density at radius 2 is 1.82 bits per heavy atom. The Labute approximate surface area is 106 Å². The predicted octanol–water partition coefficient (Wildman–Crippen LogP) is 3.79. The Morgan fingerprint density at radius 3 is 2.47 bits per heavy atom. The standard InChI is InChI=1S/C16H25N/c1-16(2,12-13-17-15-8-9-15)11-10-14-6-4-3-5-7-14/h3-7,15,17H,8-13H2,1-2H3. The van der Waals surface area contributed by atoms with Gasteiger partial charge in [-0.2, -0.15) is 0 Å². The molecule has 1 saturated carbocycles. The van der Waals surface area contributed by atoms with E-state index in [-0.39, 0.29) is 0 Å². The fourth-order valence-corrected chi connectivity index (χ4v) is 2.15. The van der Waals surface area contributed by atoms with Gasteiger partial charge in [0.2, 0.25) is 0 Å². The Morgan fingerprint density at radius 1 is 1.12 bits per heavy atom. The Balaban J connectivity index is 1.68. The first-order chi connectivity index (χ1) is 8.16. The minimum absolute atomic E-state index is 0.456. The van der Waals surface area contributed by atoms with Crippen molar-refractivity contribution in [1.82, 2.24) is 5.32 Å². The number of rotatable bonds is 7. The normalized spacial score (nSPS) is 16.1. The summed E-state index contributed by atoms with van der Waals surface area (Å²) in [7, 11) is 0. The quantitative estimate of drug-likeness (QED) is 0.753. The molecule has 1 fully saturated rings. The fraction of sp³-hybridized carbons (Fsp3) is 0.625. The van der Waals surface area contributed by atoms with Gasteiger partial charge < -0.3 is 5.32 Å². The molecular weight excluding hydrogens is 206 g/mol. The van der Waals surface area contributed by atoms with Gasteiger partial charge in [-0.3, -0.25) is 0 Å². The Bertz CT molecular complexity index is 325. The average Bonchev–Trinajstić information content (AvgIpc) is 3.12. The van der Waals surface area contributed by atoms with Crippen LogP contribution < -0.4 is 5.32 Å². The molecule has 0 heterocycles. The van der Waals surface area contributed by atoms with Crippen molar-refractivity contribution in [3.63, 3.8) is 0 Å². The molecule has 0 amide bonds. The number of aryl methyl sites for hydroxylation is 1. The van der Waals surface area contributed by atoms with E-state index in [9.17, 15) is 0 Å². The van der Waals surface area contributed by atoms with Crippen molar-refractivity contribution in [1.29, 1.82) is 0 Å². The zero-order chi connectivity index (χ0) is 12.1. The van der Waals surface area contributed by atoms with E-state index in [0.717, 1.165) is 6.04 Å². The summed E-state index contributed by atoms with van der Waals surface area (Å²) in [5.74, 6) is 0. The minimum atomic E-state index is 0.456. The first-order valence-corrected chi connectivity index (χ1v) is 6.93. The van der Waals surface area contributed by atoms with Gasteiger partial charge in [-0.15, -0.1) is 0 Å². The highest BCUT2D eigenvalue weighted by Gasteiger charge is 2.22. The smallest absolute Gasteiger partial charge is 0.00682 e. The van der Waals surface area contributed by atoms with Gasteiger partial charge in [-0.1, -0.05) is 44.2 Å². The summed E-state index contributed by atoms with van der Waals surface area (Å²) in [4.78, 5) is 0. The van der Waals surface area contributed by atoms with Crippen molar-refractivity contribution in [3.8, 4) is 0 Å². The number of hydrogen-bond acceptors (Lipinski definition) is 1. The van der Waals surface area contributed by atoms with Crippen LogP contribution in [0.2, 0.25) is 0 Å². The highest BCUT2D eigenvalue weighted by atomic mass is 14.9. The lowest BCUT2D eigenvalue weighted by Crippen LogP contribution is -2.24. The van der Waals surface area contributed by atoms with E-state index in [4.69, 9.17) is 0 Å². The summed E-state index contributed by atoms with van der Waals surface area (Å²) in [5.41, 5.74) is 1.92. The van der Waals surface area contributed by atoms with Gasteiger partial charge in [0.25, 0.3) is 0 Å². The molecule has 1 aromatic carbocycles. The zero-order valence-corrected chi connectivity index (χ0v) is 11.2. The molecule has 94 valence electrons. The lowest BCUT2D eigenvalue weighted by atomic mass is 9.83. The van der Waals surface area contributed by atoms with Gasteiger partial charge in [-0.05, 0) is 49.6 Å². The number of hydrogen-bond donors (Lipinski definition) is 1. The predicted molar refractivity (Wildman–Crippen MR) is 74.2 cm³/mol. The van der Waals surface area contributed by atoms with E-state index >= 15 is 0 Å². The summed E-state index contributed by atoms with van der Waals surface area (Å²) in [5, 5.41) is 3.61. The zero-order valence-electron chi connectivity index (χ0n) is 11.2. The summed E-state index contributed by atoms with van der Waals surface area (Å²) >= 11 is 0. The van der Waals surface area contributed by atoms with Crippen LogP contribution in [0.1, 0.15) is 45.1 Å². The second kappa shape index (κ2) is 5.68. The molecule has 1 aliphatic carbocycles. The Hall–Kier alpha value is -0.820. The Kier molecular flexibility index (Phi) is 4.22. The topological polar surface area (TPSA) is 12.0 Å². The first kappa shape index (κ1) is 12.6. The van der Waals surface area contributed by atoms with Gasteiger partial charge in [-0.25, -0.2) is 0 Å². The summed E-state index contributed by atoms with van der Waals surface area (Å²) < 4.78 is 0. The molecule has 1 N–H and O–H groups in total. The number of nitrogens with one attached hydrogen (secondary N) is 1. The van der Waals surface area contributed by atoms with E-state index in [2.05, 4.69) is 49.5 Å². The fourth-order valence-electron chi connectivity index (χ4n) is 2.15. The molecule has 17 heavy (non-hydrogen) atoms. The van der Waals surface area contributed by atoms with Crippen molar-refractivity contribution >= 4 is 0 Å². The summed E-state index contributed by atoms with van der Waals surface area (Å²) in [6, 6.07) is 11.7. The average molecular weight is 231 g/mol. The second-order valence-electron chi connectivity index (χ2n) is 6.13. The molecule has 1 aliphatic rings. The van der Waals surface area contributed by atoms with Crippen molar-refractivity contribution in [2.24, 2.45) is 5.41 Å². The lowest BCUT2D eigenvalue weighted by molar-refractivity contribution is 0.302. The summed E-state index contributed by atoms with van der Waals surface area (Å²) in [6.07, 6.45) is 6.56. The van der Waals surface area contributed by atoms with Gasteiger partial charge in [0.05, 0.1) is 0 Å². The SMILES string of the molecule is CC(C)(CCNC1CC1)CCc1ccccc1. The van der Waals surface area contributed by atoms with E-state index in [0.29, 0.717) is 5.41 Å². The van der Waals surface area contributed by atoms with Gasteiger partial charge in [0.1, 0.15) is 0 Å². The van der Waals surface area contributed by atoms with Gasteiger partial charge >= 0.3 is 0 Å². The molecule has 0 radical (unpaired) electrons. The maximum absolute atomic E-state index is 3.61. The van der Waals surface area contributed by atoms with Crippen LogP contribution in [-0.2, 0) is 6.42 Å². The molecule has 0 bridgehead atoms. The van der Waals surface area contributed by atoms with E-state index in [1.54, 1.807) is 0 Å². The first-order valence-electron chi connectivity index (χ1n) is 6.93. The molecule has 0 spiro atoms. The van der Waals surface area contributed by atoms with E-state index in [1.807, 2.05) is 0 Å². The molecule has 0 unspecified atom stereocenters. The third-order valence-electron chi connectivity index (χ3n) is 3.75. The maximum atomic E-state index is 3.61. The van der Waals surface area contributed by atoms with Crippen LogP contribution in [0.5, 0.6) is 0 Å². The molecule has 2 rings (SSSR count). The van der Waals surface area contributed by atoms with Crippen LogP contribution in [0.3, 0.4) is 0 Å². The van der Waals surface area contributed by atoms with Crippen molar-refractivity contribution in [2.45, 2.75) is 52.0 Å². The molecule has 1 heteroatoms. The minimum Gasteiger partial charge on any atom is -0.314 e. The van der Waals surface area contributed by atoms with Crippen LogP contribution in [-0.4, -0.2) is 12.6 Å². The monoisotopic (exact) mass is 231 g/mol. The van der Waals surface area contributed by atoms with E-state index in [1.165, 1.54) is 44.2 Å². The van der Waals surface area contributed by atoms with Crippen LogP contribution in [0.15, 0.2) is 30.3 Å². The maximum Gasteiger partial charge on any atom is 0.00682 e. The van der Waals surface area contributed by atoms with Gasteiger partial charge in [0, 0.05) is 6.04 Å². The molecular formula is C16H25N. The number of benzene rings is 1. The molecule has 1 aromatic rings. The molecule has 0 aromatic heterocycles. The highest BCUT2D eigenvalue weighted by Crippen LogP contribution is 2.27. The molecule has 1 nitrogen and oxygen atoms in total. The largest absolute Gasteiger partial charge is 0.314 e. The van der Waals surface area contributed by atoms with Crippen molar-refractivity contribution in [3.05, 3.63) is 35.9 Å². The third-order valence-corrected chi connectivity index (χ3v) is 3.75. The highest BCUT2D eigenvalue weighted by molar-refractivity contribution is 5.14. The van der Waals surface area contributed by atoms with Crippen LogP contribution in [0.4, 0.5) is 0 Å². The lowest BCUT2D eigenvalue weighted by Gasteiger charge is -2.24. The summed E-state index contributed by atoms with van der Waals surface area (Å²) in [6.45, 7) is 5.97. The molecule has 0 aliphatic heterocycles. The van der Waals surface area contributed by atoms with Crippen LogP contribution in [0, 0.1) is 5.41 Å². The molecule has 0 saturated heterocycles. The van der Waals surface area contributed by atoms with Crippen LogP contribution >= 0.6 is 0 Å². The molecule has 0 atom stereocenters. The van der Waals surface area contributed by atoms with Crippen LogP contribution in [0.25, 0.3) is 0 Å². The van der Waals surface area contributed by atoms with Gasteiger partial charge in [0.15, 0.2) is 0 Å². The van der Waals surface area contributed by atoms with Crippen molar-refractivity contribution < 1.29 is 0 Å². The second-order valence-corrected chi connectivity index (χ2v) is 6.13. The van der Waals surface area contributed by atoms with Crippen molar-refractivity contribution in [2.75, 3.05) is 6.54 Å². The third kappa shape index (κ3) is 4.91. The van der Waals surface area contributed by atoms with E-state index < -0.39 is 0 Å².